The van der Waals surface area contributed by atoms with Crippen LogP contribution in [-0.2, 0) is 31.6 Å². The van der Waals surface area contributed by atoms with Gasteiger partial charge in [-0.15, -0.1) is 0 Å². The van der Waals surface area contributed by atoms with Gasteiger partial charge in [0, 0.05) is 24.7 Å². The molecular weight excluding hydrogens is 491 g/mol. The van der Waals surface area contributed by atoms with Gasteiger partial charge in [-0.05, 0) is 6.92 Å². The molecule has 0 saturated carbocycles. The summed E-state index contributed by atoms with van der Waals surface area (Å²) in [4.78, 5) is 61.3. The number of hydrogen-bond acceptors (Lipinski definition) is 11. The second-order valence-corrected chi connectivity index (χ2v) is 10.9. The Hall–Kier alpha value is -1.03. The highest BCUT2D eigenvalue weighted by atomic mass is 31.3. The number of rotatable bonds is 9. The second-order valence-electron chi connectivity index (χ2n) is 6.44. The quantitative estimate of drug-likeness (QED) is 0.180. The van der Waals surface area contributed by atoms with Crippen molar-refractivity contribution in [1.82, 2.24) is 9.55 Å². The highest BCUT2D eigenvalue weighted by Gasteiger charge is 2.51. The van der Waals surface area contributed by atoms with E-state index in [1.54, 1.807) is 0 Å². The van der Waals surface area contributed by atoms with E-state index in [0.717, 1.165) is 10.8 Å². The van der Waals surface area contributed by atoms with Crippen molar-refractivity contribution in [3.8, 4) is 0 Å². The molecule has 1 saturated heterocycles. The summed E-state index contributed by atoms with van der Waals surface area (Å²) in [5, 5.41) is 10.4. The lowest BCUT2D eigenvalue weighted by Crippen LogP contribution is -2.50. The molecule has 31 heavy (non-hydrogen) atoms. The first-order valence-electron chi connectivity index (χ1n) is 8.15. The van der Waals surface area contributed by atoms with Crippen LogP contribution in [0.4, 0.5) is 0 Å². The number of nitrogens with two attached hydrogens (primary N) is 1. The maximum atomic E-state index is 12.0. The average molecular weight is 511 g/mol. The number of aryl methyl sites for hydroxylation is 1. The number of phosphoric ester groups is 1. The van der Waals surface area contributed by atoms with Gasteiger partial charge >= 0.3 is 29.2 Å². The second kappa shape index (κ2) is 9.08. The molecule has 0 bridgehead atoms. The van der Waals surface area contributed by atoms with Crippen LogP contribution in [0.15, 0.2) is 15.8 Å². The number of aliphatic hydroxyl groups excluding tert-OH is 1. The van der Waals surface area contributed by atoms with E-state index in [1.807, 2.05) is 4.98 Å². The van der Waals surface area contributed by atoms with Crippen LogP contribution < -0.4 is 17.0 Å². The molecular formula is C11H20N3O14P3. The van der Waals surface area contributed by atoms with Gasteiger partial charge in [0.25, 0.3) is 5.56 Å². The van der Waals surface area contributed by atoms with Crippen LogP contribution in [0.1, 0.15) is 18.2 Å². The molecule has 1 aromatic rings. The van der Waals surface area contributed by atoms with Gasteiger partial charge in [0.2, 0.25) is 0 Å². The summed E-state index contributed by atoms with van der Waals surface area (Å²) >= 11 is 0. The summed E-state index contributed by atoms with van der Waals surface area (Å²) in [7, 11) is -16.8. The fourth-order valence-corrected chi connectivity index (χ4v) is 5.72. The van der Waals surface area contributed by atoms with Crippen molar-refractivity contribution < 1.29 is 56.3 Å². The minimum absolute atomic E-state index is 0.149. The third kappa shape index (κ3) is 6.73. The fraction of sp³-hybridized carbons (Fsp3) is 0.636. The van der Waals surface area contributed by atoms with Crippen LogP contribution in [-0.4, -0.2) is 59.1 Å². The van der Waals surface area contributed by atoms with Gasteiger partial charge < -0.3 is 35.2 Å². The van der Waals surface area contributed by atoms with Gasteiger partial charge in [-0.3, -0.25) is 18.9 Å². The maximum Gasteiger partial charge on any atom is 0.490 e. The van der Waals surface area contributed by atoms with Gasteiger partial charge in [-0.25, -0.2) is 18.5 Å². The molecule has 8 N–H and O–H groups in total. The lowest BCUT2D eigenvalue weighted by Gasteiger charge is -2.31. The van der Waals surface area contributed by atoms with Crippen molar-refractivity contribution in [1.29, 1.82) is 0 Å². The molecule has 0 aromatic carbocycles. The summed E-state index contributed by atoms with van der Waals surface area (Å²) in [6.45, 7) is -0.134. The monoisotopic (exact) mass is 511 g/mol. The summed E-state index contributed by atoms with van der Waals surface area (Å²) in [5.41, 5.74) is 2.31. The predicted molar refractivity (Wildman–Crippen MR) is 98.4 cm³/mol. The molecule has 1 aliphatic heterocycles. The van der Waals surface area contributed by atoms with E-state index in [9.17, 15) is 33.3 Å². The zero-order valence-corrected chi connectivity index (χ0v) is 18.3. The number of nitrogens with one attached hydrogen (secondary N) is 1. The highest BCUT2D eigenvalue weighted by Crippen LogP contribution is 2.66. The van der Waals surface area contributed by atoms with Gasteiger partial charge in [0.05, 0.1) is 12.7 Å². The SMILES string of the molecule is Cc1cn([C@H]2CC(O)[C@@](CN)(COP(=O)(O)OP(=O)(O)OP(=O)(O)O)O2)c(=O)[nH]c1=O. The van der Waals surface area contributed by atoms with Gasteiger partial charge in [0.1, 0.15) is 11.8 Å². The summed E-state index contributed by atoms with van der Waals surface area (Å²) < 4.78 is 52.1. The number of aliphatic hydroxyl groups is 1. The average Bonchev–Trinajstić information content (AvgIpc) is 2.90. The fourth-order valence-electron chi connectivity index (χ4n) is 2.64. The minimum atomic E-state index is -5.73. The van der Waals surface area contributed by atoms with Crippen LogP contribution in [0.2, 0.25) is 0 Å². The number of aromatic nitrogens is 2. The molecule has 1 aromatic heterocycles. The molecule has 3 unspecified atom stereocenters. The third-order valence-electron chi connectivity index (χ3n) is 4.09. The van der Waals surface area contributed by atoms with Crippen LogP contribution >= 0.6 is 23.5 Å². The predicted octanol–water partition coefficient (Wildman–Crippen LogP) is -1.83. The summed E-state index contributed by atoms with van der Waals surface area (Å²) in [5.74, 6) is 0. The first kappa shape index (κ1) is 26.2. The van der Waals surface area contributed by atoms with Gasteiger partial charge in [-0.2, -0.15) is 8.62 Å². The summed E-state index contributed by atoms with van der Waals surface area (Å²) in [6, 6.07) is 0. The molecule has 1 fully saturated rings. The van der Waals surface area contributed by atoms with E-state index in [-0.39, 0.29) is 12.0 Å². The van der Waals surface area contributed by atoms with Crippen molar-refractivity contribution in [2.45, 2.75) is 31.3 Å². The zero-order chi connectivity index (χ0) is 23.8. The van der Waals surface area contributed by atoms with Crippen LogP contribution in [0.3, 0.4) is 0 Å². The molecule has 0 aliphatic carbocycles. The molecule has 0 radical (unpaired) electrons. The van der Waals surface area contributed by atoms with E-state index in [0.29, 0.717) is 0 Å². The molecule has 0 amide bonds. The molecule has 2 heterocycles. The Morgan fingerprint density at radius 3 is 2.39 bits per heavy atom. The minimum Gasteiger partial charge on any atom is -0.390 e. The van der Waals surface area contributed by atoms with Crippen LogP contribution in [0, 0.1) is 6.92 Å². The molecule has 178 valence electrons. The zero-order valence-electron chi connectivity index (χ0n) is 15.6. The Balaban J connectivity index is 2.18. The summed E-state index contributed by atoms with van der Waals surface area (Å²) in [6.07, 6.45) is -1.75. The van der Waals surface area contributed by atoms with E-state index in [2.05, 4.69) is 13.1 Å². The van der Waals surface area contributed by atoms with Crippen molar-refractivity contribution in [2.24, 2.45) is 5.73 Å². The number of phosphoric acid groups is 3. The Morgan fingerprint density at radius 1 is 1.23 bits per heavy atom. The van der Waals surface area contributed by atoms with Crippen molar-refractivity contribution in [3.05, 3.63) is 32.6 Å². The topological polar surface area (TPSA) is 270 Å². The van der Waals surface area contributed by atoms with Crippen LogP contribution in [0.25, 0.3) is 0 Å². The number of aromatic amines is 1. The first-order valence-corrected chi connectivity index (χ1v) is 12.7. The third-order valence-corrected chi connectivity index (χ3v) is 7.88. The van der Waals surface area contributed by atoms with Crippen molar-refractivity contribution in [3.63, 3.8) is 0 Å². The van der Waals surface area contributed by atoms with Gasteiger partial charge in [0.15, 0.2) is 0 Å². The number of ether oxygens (including phenoxy) is 1. The molecule has 2 rings (SSSR count). The van der Waals surface area contributed by atoms with E-state index in [4.69, 9.17) is 25.2 Å². The highest BCUT2D eigenvalue weighted by molar-refractivity contribution is 7.66. The van der Waals surface area contributed by atoms with Crippen molar-refractivity contribution >= 4 is 23.5 Å². The number of H-pyrrole nitrogens is 1. The largest absolute Gasteiger partial charge is 0.490 e. The molecule has 1 aliphatic rings. The lowest BCUT2D eigenvalue weighted by molar-refractivity contribution is -0.120. The number of hydrogen-bond donors (Lipinski definition) is 7. The normalized spacial score (nSPS) is 28.2. The molecule has 20 heteroatoms. The standard InChI is InChI=1S/C11H20N3O14P3/c1-6-3-14(10(17)13-9(6)16)8-2-7(15)11(4-12,26-8)5-25-30(21,22)28-31(23,24)27-29(18,19)20/h3,7-8,15H,2,4-5,12H2,1H3,(H,21,22)(H,23,24)(H,13,16,17)(H2,18,19,20)/t7?,8-,11-/m1/s1. The van der Waals surface area contributed by atoms with Gasteiger partial charge in [-0.1, -0.05) is 0 Å². The number of nitrogens with zero attached hydrogens (tertiary/aromatic N) is 1. The maximum absolute atomic E-state index is 12.0. The van der Waals surface area contributed by atoms with Crippen molar-refractivity contribution in [2.75, 3.05) is 13.2 Å². The Bertz CT molecular complexity index is 1080. The Kier molecular flexibility index (Phi) is 7.68. The van der Waals surface area contributed by atoms with Crippen LogP contribution in [0.5, 0.6) is 0 Å². The lowest BCUT2D eigenvalue weighted by atomic mass is 9.98. The first-order chi connectivity index (χ1) is 14.0. The molecule has 5 atom stereocenters. The smallest absolute Gasteiger partial charge is 0.390 e. The van der Waals surface area contributed by atoms with E-state index < -0.39 is 65.8 Å². The molecule has 0 spiro atoms. The van der Waals surface area contributed by atoms with E-state index >= 15 is 0 Å². The Morgan fingerprint density at radius 2 is 1.84 bits per heavy atom. The Labute approximate surface area is 172 Å². The van der Waals surface area contributed by atoms with E-state index in [1.165, 1.54) is 6.92 Å². The molecule has 17 nitrogen and oxygen atoms in total.